The van der Waals surface area contributed by atoms with Crippen LogP contribution in [0.5, 0.6) is 0 Å². The zero-order valence-corrected chi connectivity index (χ0v) is 40.8. The Bertz CT molecular complexity index is 4410. The molecule has 0 saturated carbocycles. The summed E-state index contributed by atoms with van der Waals surface area (Å²) in [4.78, 5) is 13.6. The lowest BCUT2D eigenvalue weighted by Gasteiger charge is -2.38. The van der Waals surface area contributed by atoms with E-state index < -0.39 is 0 Å². The number of anilines is 6. The number of aromatic nitrogens is 4. The van der Waals surface area contributed by atoms with E-state index in [2.05, 4.69) is 228 Å². The molecule has 0 aliphatic carbocycles. The molecule has 0 bridgehead atoms. The SMILES string of the molecule is Clc1c(N(c2ccccc2)c2csc3ccccc23)cccc1-n1c2ccccc2c2cnccc21.c1ccc(N2c3cccc4c3B(c3sc5ccccc5c32)c2cccc3c5cnccc5n-4c23)cc1. The van der Waals surface area contributed by atoms with Crippen LogP contribution in [-0.2, 0) is 0 Å². The molecule has 14 aromatic rings. The minimum absolute atomic E-state index is 0.192. The van der Waals surface area contributed by atoms with Gasteiger partial charge in [0, 0.05) is 105 Å². The average molecular weight is 977 g/mol. The zero-order valence-electron chi connectivity index (χ0n) is 38.4. The third kappa shape index (κ3) is 6.02. The van der Waals surface area contributed by atoms with E-state index in [1.807, 2.05) is 42.2 Å². The van der Waals surface area contributed by atoms with Crippen molar-refractivity contribution in [3.63, 3.8) is 0 Å². The van der Waals surface area contributed by atoms with Gasteiger partial charge in [-0.25, -0.2) is 0 Å². The minimum Gasteiger partial charge on any atom is -0.310 e. The van der Waals surface area contributed by atoms with E-state index in [4.69, 9.17) is 11.6 Å². The van der Waals surface area contributed by atoms with E-state index in [9.17, 15) is 0 Å². The molecule has 8 heterocycles. The lowest BCUT2D eigenvalue weighted by Crippen LogP contribution is -2.59. The second-order valence-corrected chi connectivity index (χ2v) is 20.6. The average Bonchev–Trinajstić information content (AvgIpc) is 4.22. The molecule has 0 radical (unpaired) electrons. The first kappa shape index (κ1) is 41.3. The topological polar surface area (TPSA) is 42.1 Å². The van der Waals surface area contributed by atoms with E-state index in [-0.39, 0.29) is 6.71 Å². The van der Waals surface area contributed by atoms with Crippen molar-refractivity contribution < 1.29 is 0 Å². The van der Waals surface area contributed by atoms with Gasteiger partial charge in [0.2, 0.25) is 0 Å². The number of fused-ring (bicyclic) bond motifs is 13. The van der Waals surface area contributed by atoms with Gasteiger partial charge in [0.05, 0.1) is 44.3 Å². The molecule has 2 aliphatic heterocycles. The molecule has 338 valence electrons. The van der Waals surface area contributed by atoms with Gasteiger partial charge in [-0.2, -0.15) is 0 Å². The highest BCUT2D eigenvalue weighted by Crippen LogP contribution is 2.48. The highest BCUT2D eigenvalue weighted by Gasteiger charge is 2.43. The Hall–Kier alpha value is -8.47. The molecule has 10 heteroatoms. The summed E-state index contributed by atoms with van der Waals surface area (Å²) in [5.74, 6) is 0. The van der Waals surface area contributed by atoms with Crippen molar-refractivity contribution in [1.29, 1.82) is 0 Å². The molecule has 0 fully saturated rings. The van der Waals surface area contributed by atoms with Crippen LogP contribution in [0.3, 0.4) is 0 Å². The standard InChI is InChI=1S/C31H18BN3S.C31H20ClN3S/c1-2-8-19(9-3-1)34-25-13-7-14-26-28(25)32(31-30(34)21-10-4-5-15-27(21)36-31)23-12-6-11-20-22-18-33-17-16-24(22)35(26)29(20)23;32-31-27(34(21-9-2-1-3-10-21)29-20-36-30-16-7-5-12-23(29)30)14-8-15-28(31)35-25-13-6-4-11-22(25)24-19-33-18-17-26(24)35/h1-18H;1-20H. The molecule has 6 nitrogen and oxygen atoms in total. The van der Waals surface area contributed by atoms with Gasteiger partial charge in [-0.05, 0) is 89.8 Å². The lowest BCUT2D eigenvalue weighted by molar-refractivity contribution is 1.17. The summed E-state index contributed by atoms with van der Waals surface area (Å²) in [6.07, 6.45) is 7.69. The van der Waals surface area contributed by atoms with E-state index in [1.54, 1.807) is 11.3 Å². The Morgan fingerprint density at radius 1 is 0.472 bits per heavy atom. The fourth-order valence-corrected chi connectivity index (χ4v) is 14.1. The first-order chi connectivity index (χ1) is 35.7. The van der Waals surface area contributed by atoms with Crippen LogP contribution >= 0.6 is 34.3 Å². The molecular weight excluding hydrogens is 939 g/mol. The Morgan fingerprint density at radius 2 is 1.08 bits per heavy atom. The van der Waals surface area contributed by atoms with Crippen molar-refractivity contribution in [2.75, 3.05) is 9.80 Å². The number of hydrogen-bond acceptors (Lipinski definition) is 6. The highest BCUT2D eigenvalue weighted by molar-refractivity contribution is 7.33. The summed E-state index contributed by atoms with van der Waals surface area (Å²) in [5.41, 5.74) is 16.6. The number of hydrogen-bond donors (Lipinski definition) is 0. The predicted octanol–water partition coefficient (Wildman–Crippen LogP) is 15.5. The van der Waals surface area contributed by atoms with Crippen molar-refractivity contribution >= 4 is 155 Å². The molecule has 2 aliphatic rings. The van der Waals surface area contributed by atoms with Crippen LogP contribution in [-0.4, -0.2) is 25.8 Å². The second-order valence-electron chi connectivity index (χ2n) is 18.2. The number of benzene rings is 8. The fourth-order valence-electron chi connectivity index (χ4n) is 11.6. The van der Waals surface area contributed by atoms with Crippen LogP contribution < -0.4 is 25.5 Å². The van der Waals surface area contributed by atoms with Crippen LogP contribution in [0.2, 0.25) is 5.02 Å². The van der Waals surface area contributed by atoms with Crippen LogP contribution in [0.1, 0.15) is 0 Å². The third-order valence-electron chi connectivity index (χ3n) is 14.5. The molecule has 72 heavy (non-hydrogen) atoms. The monoisotopic (exact) mass is 976 g/mol. The van der Waals surface area contributed by atoms with Crippen LogP contribution in [0.4, 0.5) is 34.1 Å². The van der Waals surface area contributed by atoms with Crippen molar-refractivity contribution in [2.45, 2.75) is 0 Å². The summed E-state index contributed by atoms with van der Waals surface area (Å²) >= 11 is 11.0. The number of thiophene rings is 2. The molecule has 0 saturated heterocycles. The first-order valence-electron chi connectivity index (χ1n) is 24.0. The molecule has 16 rings (SSSR count). The predicted molar refractivity (Wildman–Crippen MR) is 307 cm³/mol. The van der Waals surface area contributed by atoms with Gasteiger partial charge in [-0.1, -0.05) is 133 Å². The van der Waals surface area contributed by atoms with Crippen LogP contribution in [0.25, 0.3) is 75.2 Å². The normalized spacial score (nSPS) is 12.5. The van der Waals surface area contributed by atoms with Gasteiger partial charge < -0.3 is 18.9 Å². The van der Waals surface area contributed by atoms with E-state index in [0.29, 0.717) is 5.02 Å². The molecule has 0 amide bonds. The van der Waals surface area contributed by atoms with Crippen molar-refractivity contribution in [2.24, 2.45) is 0 Å². The molecule has 0 spiro atoms. The molecular formula is C62H38BClN6S2. The lowest BCUT2D eigenvalue weighted by atomic mass is 9.36. The van der Waals surface area contributed by atoms with Crippen LogP contribution in [0.15, 0.2) is 230 Å². The molecule has 0 atom stereocenters. The van der Waals surface area contributed by atoms with E-state index in [0.717, 1.165) is 44.6 Å². The summed E-state index contributed by atoms with van der Waals surface area (Å²) in [6.45, 7) is 0.192. The Morgan fingerprint density at radius 3 is 1.90 bits per heavy atom. The van der Waals surface area contributed by atoms with Gasteiger partial charge >= 0.3 is 0 Å². The number of nitrogens with zero attached hydrogens (tertiary/aromatic N) is 6. The van der Waals surface area contributed by atoms with Crippen molar-refractivity contribution in [3.05, 3.63) is 235 Å². The number of para-hydroxylation sites is 4. The van der Waals surface area contributed by atoms with Gasteiger partial charge in [-0.15, -0.1) is 22.7 Å². The smallest absolute Gasteiger partial charge is 0.264 e. The van der Waals surface area contributed by atoms with Gasteiger partial charge in [-0.3, -0.25) is 9.97 Å². The molecule has 0 unspecified atom stereocenters. The number of pyridine rings is 2. The van der Waals surface area contributed by atoms with E-state index in [1.165, 1.54) is 80.4 Å². The molecule has 0 N–H and O–H groups in total. The Labute approximate surface area is 427 Å². The number of rotatable bonds is 5. The first-order valence-corrected chi connectivity index (χ1v) is 26.1. The molecule has 6 aromatic heterocycles. The molecule has 8 aromatic carbocycles. The Kier molecular flexibility index (Phi) is 9.36. The Balaban J connectivity index is 0.000000128. The maximum absolute atomic E-state index is 7.34. The summed E-state index contributed by atoms with van der Waals surface area (Å²) in [5, 5.41) is 10.2. The van der Waals surface area contributed by atoms with E-state index >= 15 is 0 Å². The van der Waals surface area contributed by atoms with Crippen molar-refractivity contribution in [1.82, 2.24) is 19.1 Å². The maximum Gasteiger partial charge on any atom is 0.264 e. The van der Waals surface area contributed by atoms with Gasteiger partial charge in [0.15, 0.2) is 0 Å². The van der Waals surface area contributed by atoms with Crippen LogP contribution in [0, 0.1) is 0 Å². The highest BCUT2D eigenvalue weighted by atomic mass is 35.5. The maximum atomic E-state index is 7.34. The van der Waals surface area contributed by atoms with Gasteiger partial charge in [0.1, 0.15) is 0 Å². The third-order valence-corrected chi connectivity index (χ3v) is 17.1. The quantitative estimate of drug-likeness (QED) is 0.161. The zero-order chi connectivity index (χ0) is 47.4. The fraction of sp³-hybridized carbons (Fsp3) is 0. The summed E-state index contributed by atoms with van der Waals surface area (Å²) in [6, 6.07) is 71.1. The summed E-state index contributed by atoms with van der Waals surface area (Å²) in [7, 11) is 0. The van der Waals surface area contributed by atoms with Gasteiger partial charge in [0.25, 0.3) is 6.71 Å². The largest absolute Gasteiger partial charge is 0.310 e. The number of halogens is 1. The van der Waals surface area contributed by atoms with Crippen molar-refractivity contribution in [3.8, 4) is 11.4 Å². The second kappa shape index (κ2) is 16.3. The minimum atomic E-state index is 0.192. The summed E-state index contributed by atoms with van der Waals surface area (Å²) < 4.78 is 8.71.